The Kier molecular flexibility index (Phi) is 7.11. The number of hydrogen-bond donors (Lipinski definition) is 0. The lowest BCUT2D eigenvalue weighted by atomic mass is 9.91. The van der Waals surface area contributed by atoms with Crippen molar-refractivity contribution in [1.82, 2.24) is 9.21 Å². The number of hydrogen-bond acceptors (Lipinski definition) is 3. The van der Waals surface area contributed by atoms with Crippen LogP contribution in [0.5, 0.6) is 0 Å². The van der Waals surface area contributed by atoms with Crippen molar-refractivity contribution in [1.29, 1.82) is 0 Å². The lowest BCUT2D eigenvalue weighted by Gasteiger charge is -2.37. The number of halogens is 3. The summed E-state index contributed by atoms with van der Waals surface area (Å²) in [4.78, 5) is 14.7. The average Bonchev–Trinajstić information content (AvgIpc) is 3.34. The quantitative estimate of drug-likeness (QED) is 0.533. The number of benzene rings is 2. The van der Waals surface area contributed by atoms with Crippen LogP contribution in [-0.4, -0.2) is 55.1 Å². The molecule has 35 heavy (non-hydrogen) atoms. The zero-order chi connectivity index (χ0) is 25.4. The van der Waals surface area contributed by atoms with Crippen molar-refractivity contribution in [3.63, 3.8) is 0 Å². The summed E-state index contributed by atoms with van der Waals surface area (Å²) in [7, 11) is -2.61. The lowest BCUT2D eigenvalue weighted by molar-refractivity contribution is -0.138. The van der Waals surface area contributed by atoms with Crippen LogP contribution in [0, 0.1) is 5.82 Å². The van der Waals surface area contributed by atoms with E-state index in [-0.39, 0.29) is 54.3 Å². The van der Waals surface area contributed by atoms with Crippen LogP contribution in [0.2, 0.25) is 0 Å². The summed E-state index contributed by atoms with van der Waals surface area (Å²) in [5.74, 6) is -3.67. The molecule has 1 saturated carbocycles. The summed E-state index contributed by atoms with van der Waals surface area (Å²) in [5.41, 5.74) is 0.962. The molecule has 1 heterocycles. The first-order valence-corrected chi connectivity index (χ1v) is 13.2. The summed E-state index contributed by atoms with van der Waals surface area (Å²) in [6.07, 6.45) is 2.15. The highest BCUT2D eigenvalue weighted by molar-refractivity contribution is 7.89. The highest BCUT2D eigenvalue weighted by atomic mass is 32.2. The summed E-state index contributed by atoms with van der Waals surface area (Å²) in [6.45, 7) is 3.86. The third-order valence-electron chi connectivity index (χ3n) is 7.06. The Labute approximate surface area is 204 Å². The number of amides is 1. The van der Waals surface area contributed by atoms with E-state index in [4.69, 9.17) is 0 Å². The number of alkyl halides is 2. The fourth-order valence-electron chi connectivity index (χ4n) is 5.02. The minimum atomic E-state index is -4.17. The lowest BCUT2D eigenvalue weighted by Crippen LogP contribution is -2.50. The second-order valence-corrected chi connectivity index (χ2v) is 11.1. The van der Waals surface area contributed by atoms with Crippen LogP contribution in [0.4, 0.5) is 13.2 Å². The summed E-state index contributed by atoms with van der Waals surface area (Å²) < 4.78 is 70.7. The van der Waals surface area contributed by atoms with Crippen molar-refractivity contribution in [2.45, 2.75) is 61.4 Å². The standard InChI is InChI=1S/C26H29F3N2O3S/c1-3-18-10-11-24(21(17-18)20-7-4-5-8-22(20)27)35(33,34)31-16-6-9-23(31)25(32)30(2)19-12-14-26(28,29)15-13-19/h3-5,7-8,10-11,17,19,23H,1,6,9,12-16H2,2H3/t23-/m0/s1. The molecule has 9 heteroatoms. The fraction of sp³-hybridized carbons (Fsp3) is 0.423. The molecule has 0 unspecified atom stereocenters. The van der Waals surface area contributed by atoms with E-state index >= 15 is 0 Å². The second-order valence-electron chi connectivity index (χ2n) is 9.25. The molecule has 0 bridgehead atoms. The van der Waals surface area contributed by atoms with Crippen molar-refractivity contribution in [3.8, 4) is 11.1 Å². The molecule has 1 amide bonds. The van der Waals surface area contributed by atoms with E-state index < -0.39 is 33.7 Å². The molecule has 1 aliphatic carbocycles. The smallest absolute Gasteiger partial charge is 0.248 e. The van der Waals surface area contributed by atoms with Gasteiger partial charge in [-0.1, -0.05) is 36.9 Å². The largest absolute Gasteiger partial charge is 0.341 e. The first-order valence-electron chi connectivity index (χ1n) is 11.7. The minimum absolute atomic E-state index is 0.0899. The van der Waals surface area contributed by atoms with E-state index in [9.17, 15) is 26.4 Å². The highest BCUT2D eigenvalue weighted by Crippen LogP contribution is 2.37. The predicted molar refractivity (Wildman–Crippen MR) is 129 cm³/mol. The van der Waals surface area contributed by atoms with Crippen molar-refractivity contribution in [2.24, 2.45) is 0 Å². The van der Waals surface area contributed by atoms with E-state index in [0.29, 0.717) is 18.4 Å². The van der Waals surface area contributed by atoms with Gasteiger partial charge in [0.25, 0.3) is 0 Å². The van der Waals surface area contributed by atoms with E-state index in [0.717, 1.165) is 0 Å². The van der Waals surface area contributed by atoms with Gasteiger partial charge in [0.2, 0.25) is 21.9 Å². The summed E-state index contributed by atoms with van der Waals surface area (Å²) in [6, 6.07) is 9.21. The molecule has 1 aliphatic heterocycles. The van der Waals surface area contributed by atoms with Crippen LogP contribution in [0.1, 0.15) is 44.1 Å². The molecule has 0 aromatic heterocycles. The van der Waals surface area contributed by atoms with Gasteiger partial charge in [0, 0.05) is 43.6 Å². The minimum Gasteiger partial charge on any atom is -0.341 e. The van der Waals surface area contributed by atoms with Gasteiger partial charge in [-0.2, -0.15) is 4.31 Å². The molecule has 1 saturated heterocycles. The summed E-state index contributed by atoms with van der Waals surface area (Å²) in [5, 5.41) is 0. The third kappa shape index (κ3) is 5.02. The van der Waals surface area contributed by atoms with E-state index in [1.54, 1.807) is 31.3 Å². The summed E-state index contributed by atoms with van der Waals surface area (Å²) >= 11 is 0. The van der Waals surface area contributed by atoms with E-state index in [2.05, 4.69) is 6.58 Å². The highest BCUT2D eigenvalue weighted by Gasteiger charge is 2.44. The Morgan fingerprint density at radius 2 is 1.80 bits per heavy atom. The Balaban J connectivity index is 1.66. The van der Waals surface area contributed by atoms with Gasteiger partial charge >= 0.3 is 0 Å². The molecule has 0 radical (unpaired) electrons. The van der Waals surface area contributed by atoms with E-state index in [1.165, 1.54) is 33.5 Å². The number of sulfonamides is 1. The average molecular weight is 507 g/mol. The maximum atomic E-state index is 14.7. The van der Waals surface area contributed by atoms with Crippen LogP contribution in [-0.2, 0) is 14.8 Å². The number of carbonyl (C=O) groups is 1. The second kappa shape index (κ2) is 9.78. The SMILES string of the molecule is C=Cc1ccc(S(=O)(=O)N2CCC[C@H]2C(=O)N(C)C2CCC(F)(F)CC2)c(-c2ccccc2F)c1. The van der Waals surface area contributed by atoms with Crippen molar-refractivity contribution < 1.29 is 26.4 Å². The van der Waals surface area contributed by atoms with Crippen LogP contribution in [0.15, 0.2) is 53.9 Å². The van der Waals surface area contributed by atoms with Crippen molar-refractivity contribution in [3.05, 3.63) is 60.4 Å². The van der Waals surface area contributed by atoms with Gasteiger partial charge in [0.1, 0.15) is 11.9 Å². The molecule has 5 nitrogen and oxygen atoms in total. The van der Waals surface area contributed by atoms with Gasteiger partial charge in [-0.25, -0.2) is 21.6 Å². The number of nitrogens with zero attached hydrogens (tertiary/aromatic N) is 2. The van der Waals surface area contributed by atoms with Gasteiger partial charge < -0.3 is 4.90 Å². The third-order valence-corrected chi connectivity index (χ3v) is 9.03. The first-order chi connectivity index (χ1) is 16.5. The Hall–Kier alpha value is -2.65. The fourth-order valence-corrected chi connectivity index (χ4v) is 6.86. The molecule has 2 aliphatic rings. The maximum absolute atomic E-state index is 14.7. The number of rotatable bonds is 6. The number of likely N-dealkylation sites (N-methyl/N-ethyl adjacent to an activating group) is 1. The predicted octanol–water partition coefficient (Wildman–Crippen LogP) is 5.33. The van der Waals surface area contributed by atoms with Gasteiger partial charge in [0.15, 0.2) is 0 Å². The van der Waals surface area contributed by atoms with Crippen LogP contribution >= 0.6 is 0 Å². The van der Waals surface area contributed by atoms with Crippen molar-refractivity contribution >= 4 is 22.0 Å². The van der Waals surface area contributed by atoms with Gasteiger partial charge in [-0.15, -0.1) is 0 Å². The zero-order valence-electron chi connectivity index (χ0n) is 19.6. The molecule has 4 rings (SSSR count). The molecular formula is C26H29F3N2O3S. The normalized spacial score (nSPS) is 21.1. The van der Waals surface area contributed by atoms with Gasteiger partial charge in [-0.3, -0.25) is 4.79 Å². The molecule has 2 aromatic carbocycles. The molecule has 2 aromatic rings. The number of carbonyl (C=O) groups excluding carboxylic acids is 1. The molecule has 0 N–H and O–H groups in total. The maximum Gasteiger partial charge on any atom is 0.248 e. The molecule has 2 fully saturated rings. The molecule has 188 valence electrons. The van der Waals surface area contributed by atoms with Gasteiger partial charge in [-0.05, 0) is 49.4 Å². The topological polar surface area (TPSA) is 57.7 Å². The van der Waals surface area contributed by atoms with E-state index in [1.807, 2.05) is 0 Å². The molecule has 1 atom stereocenters. The molecule has 0 spiro atoms. The monoisotopic (exact) mass is 506 g/mol. The van der Waals surface area contributed by atoms with Crippen LogP contribution in [0.25, 0.3) is 17.2 Å². The first kappa shape index (κ1) is 25.4. The zero-order valence-corrected chi connectivity index (χ0v) is 20.4. The Bertz CT molecular complexity index is 1220. The van der Waals surface area contributed by atoms with Gasteiger partial charge in [0.05, 0.1) is 4.90 Å². The van der Waals surface area contributed by atoms with Crippen molar-refractivity contribution in [2.75, 3.05) is 13.6 Å². The Morgan fingerprint density at radius 1 is 1.11 bits per heavy atom. The molecular weight excluding hydrogens is 477 g/mol. The van der Waals surface area contributed by atoms with Crippen LogP contribution in [0.3, 0.4) is 0 Å². The Morgan fingerprint density at radius 3 is 2.46 bits per heavy atom. The van der Waals surface area contributed by atoms with Crippen LogP contribution < -0.4 is 0 Å².